The first-order chi connectivity index (χ1) is 15.1. The van der Waals surface area contributed by atoms with E-state index in [2.05, 4.69) is 15.3 Å². The van der Waals surface area contributed by atoms with Crippen molar-refractivity contribution in [1.29, 1.82) is 0 Å². The highest BCUT2D eigenvalue weighted by Gasteiger charge is 2.23. The molecule has 2 aromatic carbocycles. The Hall–Kier alpha value is -3.03. The summed E-state index contributed by atoms with van der Waals surface area (Å²) < 4.78 is 1.98. The molecule has 0 unspecified atom stereocenters. The molecule has 1 fully saturated rings. The topological polar surface area (TPSA) is 58.4 Å². The van der Waals surface area contributed by atoms with Gasteiger partial charge in [-0.3, -0.25) is 14.5 Å². The number of carbonyl (C=O) groups is 1. The first-order valence-corrected chi connectivity index (χ1v) is 11.4. The summed E-state index contributed by atoms with van der Waals surface area (Å²) in [4.78, 5) is 34.9. The lowest BCUT2D eigenvalue weighted by Crippen LogP contribution is -2.49. The second kappa shape index (κ2) is 8.24. The van der Waals surface area contributed by atoms with Crippen LogP contribution >= 0.6 is 11.3 Å². The molecular weight excluding hydrogens is 408 g/mol. The van der Waals surface area contributed by atoms with Crippen LogP contribution in [0, 0.1) is 6.92 Å². The van der Waals surface area contributed by atoms with E-state index in [1.807, 2.05) is 64.9 Å². The van der Waals surface area contributed by atoms with Crippen LogP contribution in [-0.2, 0) is 17.9 Å². The number of aryl methyl sites for hydroxylation is 1. The summed E-state index contributed by atoms with van der Waals surface area (Å²) in [7, 11) is 0. The van der Waals surface area contributed by atoms with E-state index in [9.17, 15) is 9.59 Å². The highest BCUT2D eigenvalue weighted by molar-refractivity contribution is 7.09. The predicted molar refractivity (Wildman–Crippen MR) is 124 cm³/mol. The van der Waals surface area contributed by atoms with Crippen LogP contribution < -0.4 is 5.43 Å². The first kappa shape index (κ1) is 19.9. The maximum absolute atomic E-state index is 13.2. The second-order valence-corrected chi connectivity index (χ2v) is 9.03. The Morgan fingerprint density at radius 2 is 1.58 bits per heavy atom. The Balaban J connectivity index is 1.36. The average molecular weight is 433 g/mol. The number of thiazole rings is 1. The molecule has 1 saturated heterocycles. The van der Waals surface area contributed by atoms with Gasteiger partial charge in [0.05, 0.1) is 21.7 Å². The largest absolute Gasteiger partial charge is 0.339 e. The van der Waals surface area contributed by atoms with Gasteiger partial charge in [0.2, 0.25) is 5.91 Å². The van der Waals surface area contributed by atoms with E-state index in [4.69, 9.17) is 0 Å². The molecule has 0 saturated carbocycles. The molecule has 0 bridgehead atoms. The van der Waals surface area contributed by atoms with Gasteiger partial charge in [0.15, 0.2) is 5.43 Å². The van der Waals surface area contributed by atoms with Crippen molar-refractivity contribution in [3.8, 4) is 0 Å². The fourth-order valence-electron chi connectivity index (χ4n) is 4.35. The van der Waals surface area contributed by atoms with Crippen molar-refractivity contribution in [2.24, 2.45) is 0 Å². The molecule has 2 aromatic heterocycles. The number of rotatable bonds is 4. The molecule has 0 aliphatic carbocycles. The molecule has 0 radical (unpaired) electrons. The fraction of sp³-hybridized carbons (Fsp3) is 0.292. The molecule has 6 nitrogen and oxygen atoms in total. The van der Waals surface area contributed by atoms with E-state index in [1.54, 1.807) is 11.3 Å². The third-order valence-electron chi connectivity index (χ3n) is 5.95. The van der Waals surface area contributed by atoms with Gasteiger partial charge in [-0.1, -0.05) is 24.3 Å². The Kier molecular flexibility index (Phi) is 5.29. The Morgan fingerprint density at radius 1 is 0.968 bits per heavy atom. The molecule has 7 heteroatoms. The zero-order chi connectivity index (χ0) is 21.4. The lowest BCUT2D eigenvalue weighted by atomic mass is 10.1. The number of piperazine rings is 1. The normalized spacial score (nSPS) is 15.1. The van der Waals surface area contributed by atoms with Crippen molar-refractivity contribution in [1.82, 2.24) is 19.4 Å². The van der Waals surface area contributed by atoms with Gasteiger partial charge in [-0.2, -0.15) is 0 Å². The van der Waals surface area contributed by atoms with Crippen LogP contribution in [0.3, 0.4) is 0 Å². The predicted octanol–water partition coefficient (Wildman–Crippen LogP) is 3.26. The molecule has 0 atom stereocenters. The van der Waals surface area contributed by atoms with Gasteiger partial charge in [-0.15, -0.1) is 11.3 Å². The number of hydrogen-bond acceptors (Lipinski definition) is 5. The number of fused-ring (bicyclic) bond motifs is 2. The molecular formula is C24H24N4O2S. The van der Waals surface area contributed by atoms with E-state index in [0.29, 0.717) is 23.9 Å². The van der Waals surface area contributed by atoms with Crippen LogP contribution in [0.5, 0.6) is 0 Å². The molecule has 1 aliphatic heterocycles. The number of benzene rings is 2. The van der Waals surface area contributed by atoms with Crippen molar-refractivity contribution in [3.63, 3.8) is 0 Å². The quantitative estimate of drug-likeness (QED) is 0.465. The minimum Gasteiger partial charge on any atom is -0.339 e. The molecule has 1 amide bonds. The zero-order valence-electron chi connectivity index (χ0n) is 17.5. The fourth-order valence-corrected chi connectivity index (χ4v) is 4.95. The van der Waals surface area contributed by atoms with E-state index in [1.165, 1.54) is 0 Å². The van der Waals surface area contributed by atoms with Crippen molar-refractivity contribution in [2.45, 2.75) is 20.0 Å². The van der Waals surface area contributed by atoms with Crippen LogP contribution in [0.15, 0.2) is 58.7 Å². The van der Waals surface area contributed by atoms with E-state index in [0.717, 1.165) is 41.4 Å². The van der Waals surface area contributed by atoms with Gasteiger partial charge in [-0.25, -0.2) is 4.98 Å². The molecule has 3 heterocycles. The van der Waals surface area contributed by atoms with Crippen LogP contribution in [-0.4, -0.2) is 51.4 Å². The number of hydrogen-bond donors (Lipinski definition) is 0. The summed E-state index contributed by atoms with van der Waals surface area (Å²) in [5, 5.41) is 4.50. The maximum Gasteiger partial charge on any atom is 0.242 e. The summed E-state index contributed by atoms with van der Waals surface area (Å²) in [5.41, 5.74) is 2.73. The highest BCUT2D eigenvalue weighted by atomic mass is 32.1. The van der Waals surface area contributed by atoms with Crippen molar-refractivity contribution >= 4 is 39.0 Å². The molecule has 31 heavy (non-hydrogen) atoms. The third-order valence-corrected chi connectivity index (χ3v) is 6.77. The molecule has 0 N–H and O–H groups in total. The van der Waals surface area contributed by atoms with Crippen LogP contribution in [0.25, 0.3) is 21.8 Å². The van der Waals surface area contributed by atoms with Crippen LogP contribution in [0.4, 0.5) is 0 Å². The number of aromatic nitrogens is 2. The van der Waals surface area contributed by atoms with Gasteiger partial charge in [0.25, 0.3) is 0 Å². The first-order valence-electron chi connectivity index (χ1n) is 10.5. The minimum atomic E-state index is 0.0146. The third kappa shape index (κ3) is 3.86. The van der Waals surface area contributed by atoms with Gasteiger partial charge < -0.3 is 9.47 Å². The molecule has 1 aliphatic rings. The van der Waals surface area contributed by atoms with Gasteiger partial charge in [-0.05, 0) is 31.2 Å². The second-order valence-electron chi connectivity index (χ2n) is 7.96. The number of amides is 1. The van der Waals surface area contributed by atoms with Crippen molar-refractivity contribution < 1.29 is 4.79 Å². The zero-order valence-corrected chi connectivity index (χ0v) is 18.3. The maximum atomic E-state index is 13.2. The summed E-state index contributed by atoms with van der Waals surface area (Å²) in [6.07, 6.45) is 0. The number of pyridine rings is 1. The molecule has 5 rings (SSSR count). The Labute approximate surface area is 184 Å². The number of carbonyl (C=O) groups excluding carboxylic acids is 1. The molecule has 158 valence electrons. The van der Waals surface area contributed by atoms with E-state index >= 15 is 0 Å². The average Bonchev–Trinajstić information content (AvgIpc) is 3.21. The molecule has 4 aromatic rings. The minimum absolute atomic E-state index is 0.0146. The van der Waals surface area contributed by atoms with Crippen molar-refractivity contribution in [2.75, 3.05) is 26.2 Å². The van der Waals surface area contributed by atoms with Crippen molar-refractivity contribution in [3.05, 3.63) is 74.8 Å². The summed E-state index contributed by atoms with van der Waals surface area (Å²) in [5.74, 6) is 0.0862. The van der Waals surface area contributed by atoms with Crippen LogP contribution in [0.2, 0.25) is 0 Å². The summed E-state index contributed by atoms with van der Waals surface area (Å²) >= 11 is 1.68. The van der Waals surface area contributed by atoms with E-state index < -0.39 is 0 Å². The van der Waals surface area contributed by atoms with Crippen LogP contribution in [0.1, 0.15) is 10.7 Å². The highest BCUT2D eigenvalue weighted by Crippen LogP contribution is 2.20. The van der Waals surface area contributed by atoms with Gasteiger partial charge in [0, 0.05) is 48.9 Å². The Bertz CT molecular complexity index is 1260. The number of nitrogens with zero attached hydrogens (tertiary/aromatic N) is 4. The standard InChI is InChI=1S/C24H24N4O2S/c1-17-25-18(16-31-17)14-26-10-12-27(13-11-26)23(29)15-28-21-8-4-2-6-19(21)24(30)20-7-3-5-9-22(20)28/h2-9,16H,10-15H2,1H3. The number of para-hydroxylation sites is 2. The Morgan fingerprint density at radius 3 is 2.16 bits per heavy atom. The van der Waals surface area contributed by atoms with Gasteiger partial charge in [0.1, 0.15) is 6.54 Å². The van der Waals surface area contributed by atoms with Gasteiger partial charge >= 0.3 is 0 Å². The molecule has 0 spiro atoms. The lowest BCUT2D eigenvalue weighted by molar-refractivity contribution is -0.133. The smallest absolute Gasteiger partial charge is 0.242 e. The van der Waals surface area contributed by atoms with E-state index in [-0.39, 0.29) is 17.9 Å². The lowest BCUT2D eigenvalue weighted by Gasteiger charge is -2.34. The SMILES string of the molecule is Cc1nc(CN2CCN(C(=O)Cn3c4ccccc4c(=O)c4ccccc43)CC2)cs1. The summed E-state index contributed by atoms with van der Waals surface area (Å²) in [6.45, 7) is 6.18. The monoisotopic (exact) mass is 432 g/mol. The summed E-state index contributed by atoms with van der Waals surface area (Å²) in [6, 6.07) is 15.1.